The van der Waals surface area contributed by atoms with Crippen molar-refractivity contribution in [2.24, 2.45) is 0 Å². The SMILES string of the molecule is C=C1c2cc3c(cc2CCN1C(=O)c1ccccc1I)OCO3. The third kappa shape index (κ3) is 2.39. The minimum atomic E-state index is -0.0108. The second-order valence-corrected chi connectivity index (χ2v) is 6.66. The van der Waals surface area contributed by atoms with E-state index < -0.39 is 0 Å². The normalized spacial score (nSPS) is 15.5. The predicted octanol–water partition coefficient (Wildman–Crippen LogP) is 3.69. The Morgan fingerprint density at radius 1 is 1.17 bits per heavy atom. The average Bonchev–Trinajstić information content (AvgIpc) is 3.01. The standard InChI is InChI=1S/C18H14INO3/c1-11-14-9-17-16(22-10-23-17)8-12(14)6-7-20(11)18(21)13-4-2-3-5-15(13)19/h2-5,8-9H,1,6-7,10H2. The van der Waals surface area contributed by atoms with E-state index in [0.29, 0.717) is 23.6 Å². The third-order valence-electron chi connectivity index (χ3n) is 4.19. The molecule has 0 atom stereocenters. The first-order chi connectivity index (χ1) is 11.1. The first-order valence-electron chi connectivity index (χ1n) is 7.33. The van der Waals surface area contributed by atoms with Gasteiger partial charge in [0.25, 0.3) is 5.91 Å². The summed E-state index contributed by atoms with van der Waals surface area (Å²) in [5.41, 5.74) is 3.53. The molecule has 0 unspecified atom stereocenters. The van der Waals surface area contributed by atoms with E-state index >= 15 is 0 Å². The van der Waals surface area contributed by atoms with E-state index in [-0.39, 0.29) is 12.7 Å². The molecule has 0 aliphatic carbocycles. The number of carbonyl (C=O) groups excluding carboxylic acids is 1. The van der Waals surface area contributed by atoms with Crippen molar-refractivity contribution in [3.8, 4) is 11.5 Å². The molecule has 2 aromatic carbocycles. The Kier molecular flexibility index (Phi) is 3.52. The van der Waals surface area contributed by atoms with E-state index in [1.807, 2.05) is 36.4 Å². The fourth-order valence-electron chi connectivity index (χ4n) is 2.98. The lowest BCUT2D eigenvalue weighted by Crippen LogP contribution is -2.35. The number of ether oxygens (including phenoxy) is 2. The zero-order chi connectivity index (χ0) is 16.0. The molecule has 4 nitrogen and oxygen atoms in total. The molecule has 5 heteroatoms. The molecule has 0 N–H and O–H groups in total. The fourth-order valence-corrected chi connectivity index (χ4v) is 3.59. The van der Waals surface area contributed by atoms with Crippen LogP contribution >= 0.6 is 22.6 Å². The van der Waals surface area contributed by atoms with Crippen LogP contribution in [0, 0.1) is 3.57 Å². The highest BCUT2D eigenvalue weighted by molar-refractivity contribution is 14.1. The van der Waals surface area contributed by atoms with Gasteiger partial charge in [0.2, 0.25) is 6.79 Å². The summed E-state index contributed by atoms with van der Waals surface area (Å²) in [4.78, 5) is 14.6. The van der Waals surface area contributed by atoms with E-state index in [4.69, 9.17) is 9.47 Å². The summed E-state index contributed by atoms with van der Waals surface area (Å²) < 4.78 is 11.8. The molecule has 0 saturated heterocycles. The number of halogens is 1. The van der Waals surface area contributed by atoms with E-state index in [2.05, 4.69) is 29.2 Å². The molecule has 4 rings (SSSR count). The minimum absolute atomic E-state index is 0.0108. The Bertz CT molecular complexity index is 831. The number of hydrogen-bond acceptors (Lipinski definition) is 3. The van der Waals surface area contributed by atoms with Gasteiger partial charge in [-0.25, -0.2) is 0 Å². The molecule has 0 fully saturated rings. The molecule has 0 bridgehead atoms. The lowest BCUT2D eigenvalue weighted by Gasteiger charge is -2.31. The number of nitrogens with zero attached hydrogens (tertiary/aromatic N) is 1. The van der Waals surface area contributed by atoms with Gasteiger partial charge in [-0.15, -0.1) is 0 Å². The van der Waals surface area contributed by atoms with Crippen LogP contribution in [0.1, 0.15) is 21.5 Å². The second-order valence-electron chi connectivity index (χ2n) is 5.50. The first-order valence-corrected chi connectivity index (χ1v) is 8.41. The van der Waals surface area contributed by atoms with Crippen LogP contribution in [0.15, 0.2) is 43.0 Å². The molecule has 0 saturated carbocycles. The Labute approximate surface area is 147 Å². The molecule has 2 aliphatic heterocycles. The van der Waals surface area contributed by atoms with Crippen LogP contribution < -0.4 is 9.47 Å². The molecule has 2 aliphatic rings. The smallest absolute Gasteiger partial charge is 0.259 e. The molecule has 2 aromatic rings. The third-order valence-corrected chi connectivity index (χ3v) is 5.13. The Balaban J connectivity index is 1.70. The summed E-state index contributed by atoms with van der Waals surface area (Å²) in [5.74, 6) is 1.48. The average molecular weight is 419 g/mol. The summed E-state index contributed by atoms with van der Waals surface area (Å²) in [6.07, 6.45) is 0.778. The van der Waals surface area contributed by atoms with Gasteiger partial charge in [-0.3, -0.25) is 4.79 Å². The highest BCUT2D eigenvalue weighted by Crippen LogP contribution is 2.40. The molecule has 116 valence electrons. The molecule has 2 heterocycles. The number of benzene rings is 2. The molecular formula is C18H14INO3. The summed E-state index contributed by atoms with van der Waals surface area (Å²) in [7, 11) is 0. The molecule has 0 spiro atoms. The highest BCUT2D eigenvalue weighted by Gasteiger charge is 2.28. The van der Waals surface area contributed by atoms with Crippen LogP contribution in [0.2, 0.25) is 0 Å². The molecular weight excluding hydrogens is 405 g/mol. The molecule has 0 aromatic heterocycles. The van der Waals surface area contributed by atoms with E-state index in [1.165, 1.54) is 0 Å². The highest BCUT2D eigenvalue weighted by atomic mass is 127. The molecule has 1 amide bonds. The van der Waals surface area contributed by atoms with Crippen LogP contribution in [0.5, 0.6) is 11.5 Å². The predicted molar refractivity (Wildman–Crippen MR) is 95.5 cm³/mol. The van der Waals surface area contributed by atoms with Gasteiger partial charge in [0, 0.05) is 21.4 Å². The monoisotopic (exact) mass is 419 g/mol. The van der Waals surface area contributed by atoms with Crippen molar-refractivity contribution < 1.29 is 14.3 Å². The van der Waals surface area contributed by atoms with E-state index in [9.17, 15) is 4.79 Å². The van der Waals surface area contributed by atoms with Gasteiger partial charge in [0.15, 0.2) is 11.5 Å². The van der Waals surface area contributed by atoms with Crippen LogP contribution in [-0.4, -0.2) is 24.1 Å². The lowest BCUT2D eigenvalue weighted by molar-refractivity contribution is 0.0832. The molecule has 23 heavy (non-hydrogen) atoms. The van der Waals surface area contributed by atoms with Crippen LogP contribution in [0.25, 0.3) is 5.70 Å². The number of rotatable bonds is 1. The summed E-state index contributed by atoms with van der Waals surface area (Å²) >= 11 is 2.19. The van der Waals surface area contributed by atoms with Gasteiger partial charge in [-0.05, 0) is 58.8 Å². The summed E-state index contributed by atoms with van der Waals surface area (Å²) in [6, 6.07) is 11.5. The van der Waals surface area contributed by atoms with Gasteiger partial charge in [0.1, 0.15) is 0 Å². The van der Waals surface area contributed by atoms with Crippen molar-refractivity contribution in [1.29, 1.82) is 0 Å². The minimum Gasteiger partial charge on any atom is -0.454 e. The largest absolute Gasteiger partial charge is 0.454 e. The van der Waals surface area contributed by atoms with Crippen LogP contribution in [0.4, 0.5) is 0 Å². The zero-order valence-electron chi connectivity index (χ0n) is 12.3. The number of amides is 1. The van der Waals surface area contributed by atoms with Crippen molar-refractivity contribution in [3.05, 3.63) is 63.2 Å². The lowest BCUT2D eigenvalue weighted by atomic mass is 9.95. The van der Waals surface area contributed by atoms with Gasteiger partial charge in [-0.1, -0.05) is 18.7 Å². The number of hydrogen-bond donors (Lipinski definition) is 0. The van der Waals surface area contributed by atoms with Gasteiger partial charge in [-0.2, -0.15) is 0 Å². The zero-order valence-corrected chi connectivity index (χ0v) is 14.5. The van der Waals surface area contributed by atoms with Crippen molar-refractivity contribution in [2.75, 3.05) is 13.3 Å². The Morgan fingerprint density at radius 3 is 2.70 bits per heavy atom. The first kappa shape index (κ1) is 14.6. The maximum Gasteiger partial charge on any atom is 0.259 e. The summed E-state index contributed by atoms with van der Waals surface area (Å²) in [6.45, 7) is 5.01. The van der Waals surface area contributed by atoms with Crippen LogP contribution in [-0.2, 0) is 6.42 Å². The van der Waals surface area contributed by atoms with Crippen LogP contribution in [0.3, 0.4) is 0 Å². The summed E-state index contributed by atoms with van der Waals surface area (Å²) in [5, 5.41) is 0. The second kappa shape index (κ2) is 5.56. The van der Waals surface area contributed by atoms with Crippen molar-refractivity contribution in [3.63, 3.8) is 0 Å². The maximum absolute atomic E-state index is 12.9. The van der Waals surface area contributed by atoms with Gasteiger partial charge < -0.3 is 14.4 Å². The van der Waals surface area contributed by atoms with E-state index in [0.717, 1.165) is 26.9 Å². The molecule has 0 radical (unpaired) electrons. The topological polar surface area (TPSA) is 38.8 Å². The van der Waals surface area contributed by atoms with Crippen molar-refractivity contribution in [2.45, 2.75) is 6.42 Å². The fraction of sp³-hybridized carbons (Fsp3) is 0.167. The van der Waals surface area contributed by atoms with E-state index in [1.54, 1.807) is 4.90 Å². The van der Waals surface area contributed by atoms with Crippen molar-refractivity contribution >= 4 is 34.2 Å². The van der Waals surface area contributed by atoms with Gasteiger partial charge >= 0.3 is 0 Å². The number of fused-ring (bicyclic) bond motifs is 2. The van der Waals surface area contributed by atoms with Gasteiger partial charge in [0.05, 0.1) is 5.56 Å². The Hall–Kier alpha value is -2.02. The quantitative estimate of drug-likeness (QED) is 0.662. The Morgan fingerprint density at radius 2 is 1.91 bits per heavy atom. The maximum atomic E-state index is 12.9. The number of carbonyl (C=O) groups is 1. The van der Waals surface area contributed by atoms with Crippen molar-refractivity contribution in [1.82, 2.24) is 4.90 Å².